The fraction of sp³-hybridized carbons (Fsp3) is 0.556. The van der Waals surface area contributed by atoms with Gasteiger partial charge in [-0.05, 0) is 17.9 Å². The zero-order chi connectivity index (χ0) is 8.81. The lowest BCUT2D eigenvalue weighted by Gasteiger charge is -2.13. The van der Waals surface area contributed by atoms with Crippen LogP contribution in [0.5, 0.6) is 0 Å². The molecule has 1 unspecified atom stereocenters. The van der Waals surface area contributed by atoms with E-state index >= 15 is 0 Å². The average Bonchev–Trinajstić information content (AvgIpc) is 2.59. The molecular weight excluding hydrogens is 170 g/mol. The molecule has 0 aliphatic carbocycles. The summed E-state index contributed by atoms with van der Waals surface area (Å²) in [6.45, 7) is 3.03. The quantitative estimate of drug-likeness (QED) is 0.733. The molecule has 0 aliphatic heterocycles. The third kappa shape index (κ3) is 2.59. The second-order valence-electron chi connectivity index (χ2n) is 2.65. The van der Waals surface area contributed by atoms with Crippen molar-refractivity contribution in [3.63, 3.8) is 0 Å². The van der Waals surface area contributed by atoms with E-state index in [1.807, 2.05) is 0 Å². The summed E-state index contributed by atoms with van der Waals surface area (Å²) < 4.78 is 0. The summed E-state index contributed by atoms with van der Waals surface area (Å²) in [7, 11) is 0. The first-order chi connectivity index (χ1) is 5.88. The van der Waals surface area contributed by atoms with E-state index in [4.69, 9.17) is 5.11 Å². The van der Waals surface area contributed by atoms with Crippen molar-refractivity contribution in [3.05, 3.63) is 22.4 Å². The number of nitrogens with one attached hydrogen (secondary N) is 1. The molecule has 0 aliphatic rings. The first-order valence-corrected chi connectivity index (χ1v) is 5.14. The minimum Gasteiger partial charge on any atom is -0.395 e. The van der Waals surface area contributed by atoms with Crippen molar-refractivity contribution in [3.8, 4) is 0 Å². The van der Waals surface area contributed by atoms with Gasteiger partial charge in [0.05, 0.1) is 6.61 Å². The maximum atomic E-state index is 8.65. The number of hydrogen-bond acceptors (Lipinski definition) is 3. The van der Waals surface area contributed by atoms with Crippen LogP contribution in [-0.4, -0.2) is 18.3 Å². The van der Waals surface area contributed by atoms with Crippen LogP contribution >= 0.6 is 11.3 Å². The van der Waals surface area contributed by atoms with Gasteiger partial charge in [-0.3, -0.25) is 0 Å². The second-order valence-corrected chi connectivity index (χ2v) is 3.63. The van der Waals surface area contributed by atoms with Crippen LogP contribution in [0, 0.1) is 0 Å². The third-order valence-corrected chi connectivity index (χ3v) is 2.78. The number of thiophene rings is 1. The first-order valence-electron chi connectivity index (χ1n) is 4.26. The van der Waals surface area contributed by atoms with Gasteiger partial charge in [0.1, 0.15) is 0 Å². The second kappa shape index (κ2) is 5.30. The average molecular weight is 185 g/mol. The van der Waals surface area contributed by atoms with Crippen molar-refractivity contribution in [2.24, 2.45) is 0 Å². The molecule has 1 aromatic rings. The van der Waals surface area contributed by atoms with Gasteiger partial charge in [0.2, 0.25) is 0 Å². The fourth-order valence-corrected chi connectivity index (χ4v) is 2.06. The Morgan fingerprint density at radius 3 is 3.00 bits per heavy atom. The normalized spacial score (nSPS) is 13.2. The summed E-state index contributed by atoms with van der Waals surface area (Å²) in [6.07, 6.45) is 1.07. The van der Waals surface area contributed by atoms with Gasteiger partial charge in [-0.25, -0.2) is 0 Å². The minimum absolute atomic E-state index is 0.210. The zero-order valence-electron chi connectivity index (χ0n) is 7.29. The van der Waals surface area contributed by atoms with Crippen molar-refractivity contribution in [1.82, 2.24) is 5.32 Å². The molecule has 1 heterocycles. The van der Waals surface area contributed by atoms with E-state index in [1.54, 1.807) is 11.3 Å². The molecule has 1 atom stereocenters. The zero-order valence-corrected chi connectivity index (χ0v) is 8.10. The predicted molar refractivity (Wildman–Crippen MR) is 52.4 cm³/mol. The highest BCUT2D eigenvalue weighted by atomic mass is 32.1. The van der Waals surface area contributed by atoms with Crippen LogP contribution in [0.1, 0.15) is 24.3 Å². The van der Waals surface area contributed by atoms with Crippen molar-refractivity contribution in [2.45, 2.75) is 19.4 Å². The van der Waals surface area contributed by atoms with E-state index in [0.29, 0.717) is 12.6 Å². The lowest BCUT2D eigenvalue weighted by Crippen LogP contribution is -2.23. The van der Waals surface area contributed by atoms with Gasteiger partial charge in [-0.2, -0.15) is 0 Å². The molecule has 0 amide bonds. The van der Waals surface area contributed by atoms with Crippen molar-refractivity contribution < 1.29 is 5.11 Å². The molecule has 1 aromatic heterocycles. The Morgan fingerprint density at radius 1 is 1.67 bits per heavy atom. The molecule has 1 rings (SSSR count). The molecular formula is C9H15NOS. The highest BCUT2D eigenvalue weighted by molar-refractivity contribution is 7.10. The lowest BCUT2D eigenvalue weighted by atomic mass is 10.2. The number of aliphatic hydroxyl groups excluding tert-OH is 1. The van der Waals surface area contributed by atoms with Gasteiger partial charge in [0, 0.05) is 17.5 Å². The van der Waals surface area contributed by atoms with Crippen molar-refractivity contribution >= 4 is 11.3 Å². The summed E-state index contributed by atoms with van der Waals surface area (Å²) >= 11 is 1.76. The van der Waals surface area contributed by atoms with E-state index in [0.717, 1.165) is 6.42 Å². The fourth-order valence-electron chi connectivity index (χ4n) is 1.17. The lowest BCUT2D eigenvalue weighted by molar-refractivity contribution is 0.284. The Labute approximate surface area is 77.2 Å². The maximum absolute atomic E-state index is 8.65. The van der Waals surface area contributed by atoms with Crippen LogP contribution in [0.2, 0.25) is 0 Å². The van der Waals surface area contributed by atoms with Crippen LogP contribution in [0.3, 0.4) is 0 Å². The van der Waals surface area contributed by atoms with Crippen LogP contribution < -0.4 is 5.32 Å². The molecule has 2 N–H and O–H groups in total. The van der Waals surface area contributed by atoms with Gasteiger partial charge >= 0.3 is 0 Å². The van der Waals surface area contributed by atoms with Crippen LogP contribution in [-0.2, 0) is 0 Å². The first kappa shape index (κ1) is 9.71. The third-order valence-electron chi connectivity index (χ3n) is 1.80. The van der Waals surface area contributed by atoms with Gasteiger partial charge in [0.15, 0.2) is 0 Å². The molecule has 2 nitrogen and oxygen atoms in total. The predicted octanol–water partition coefficient (Wildman–Crippen LogP) is 1.78. The Morgan fingerprint density at radius 2 is 2.50 bits per heavy atom. The van der Waals surface area contributed by atoms with E-state index in [-0.39, 0.29) is 6.61 Å². The summed E-state index contributed by atoms with van der Waals surface area (Å²) in [5, 5.41) is 14.0. The summed E-state index contributed by atoms with van der Waals surface area (Å²) in [5.41, 5.74) is 0. The van der Waals surface area contributed by atoms with Crippen molar-refractivity contribution in [1.29, 1.82) is 0 Å². The molecule has 0 fully saturated rings. The van der Waals surface area contributed by atoms with E-state index in [2.05, 4.69) is 29.8 Å². The Kier molecular flexibility index (Phi) is 4.29. The SMILES string of the molecule is CCC(NCCO)c1cccs1. The molecule has 0 spiro atoms. The smallest absolute Gasteiger partial charge is 0.0556 e. The van der Waals surface area contributed by atoms with Gasteiger partial charge < -0.3 is 10.4 Å². The van der Waals surface area contributed by atoms with E-state index in [9.17, 15) is 0 Å². The van der Waals surface area contributed by atoms with Gasteiger partial charge in [0.25, 0.3) is 0 Å². The number of aliphatic hydroxyl groups is 1. The minimum atomic E-state index is 0.210. The maximum Gasteiger partial charge on any atom is 0.0556 e. The molecule has 0 saturated carbocycles. The van der Waals surface area contributed by atoms with Gasteiger partial charge in [-0.15, -0.1) is 11.3 Å². The topological polar surface area (TPSA) is 32.3 Å². The van der Waals surface area contributed by atoms with E-state index < -0.39 is 0 Å². The van der Waals surface area contributed by atoms with E-state index in [1.165, 1.54) is 4.88 Å². The van der Waals surface area contributed by atoms with Crippen LogP contribution in [0.4, 0.5) is 0 Å². The highest BCUT2D eigenvalue weighted by Crippen LogP contribution is 2.20. The monoisotopic (exact) mass is 185 g/mol. The summed E-state index contributed by atoms with van der Waals surface area (Å²) in [6, 6.07) is 4.60. The van der Waals surface area contributed by atoms with Crippen LogP contribution in [0.15, 0.2) is 17.5 Å². The number of rotatable bonds is 5. The Balaban J connectivity index is 2.45. The van der Waals surface area contributed by atoms with Crippen molar-refractivity contribution in [2.75, 3.05) is 13.2 Å². The van der Waals surface area contributed by atoms with Crippen LogP contribution in [0.25, 0.3) is 0 Å². The standard InChI is InChI=1S/C9H15NOS/c1-2-8(10-5-6-11)9-4-3-7-12-9/h3-4,7-8,10-11H,2,5-6H2,1H3. The molecule has 0 aromatic carbocycles. The Hall–Kier alpha value is -0.380. The number of hydrogen-bond donors (Lipinski definition) is 2. The molecule has 0 saturated heterocycles. The highest BCUT2D eigenvalue weighted by Gasteiger charge is 2.07. The summed E-state index contributed by atoms with van der Waals surface area (Å²) in [4.78, 5) is 1.35. The largest absolute Gasteiger partial charge is 0.395 e. The molecule has 0 bridgehead atoms. The molecule has 0 radical (unpaired) electrons. The molecule has 3 heteroatoms. The van der Waals surface area contributed by atoms with Gasteiger partial charge in [-0.1, -0.05) is 13.0 Å². The molecule has 68 valence electrons. The molecule has 12 heavy (non-hydrogen) atoms. The Bertz CT molecular complexity index is 198. The summed E-state index contributed by atoms with van der Waals surface area (Å²) in [5.74, 6) is 0.